The van der Waals surface area contributed by atoms with Gasteiger partial charge >= 0.3 is 0 Å². The van der Waals surface area contributed by atoms with Crippen LogP contribution in [0, 0.1) is 0 Å². The molecule has 140 valence electrons. The van der Waals surface area contributed by atoms with Gasteiger partial charge in [0.05, 0.1) is 26.9 Å². The van der Waals surface area contributed by atoms with Crippen molar-refractivity contribution < 1.29 is 19.0 Å². The van der Waals surface area contributed by atoms with Gasteiger partial charge in [0.25, 0.3) is 5.91 Å². The van der Waals surface area contributed by atoms with Crippen LogP contribution in [0.3, 0.4) is 0 Å². The second-order valence-electron chi connectivity index (χ2n) is 5.77. The highest BCUT2D eigenvalue weighted by atomic mass is 16.5. The Morgan fingerprint density at radius 3 is 2.19 bits per heavy atom. The van der Waals surface area contributed by atoms with Gasteiger partial charge in [-0.1, -0.05) is 18.2 Å². The lowest BCUT2D eigenvalue weighted by Crippen LogP contribution is -2.28. The van der Waals surface area contributed by atoms with E-state index in [0.29, 0.717) is 29.4 Å². The van der Waals surface area contributed by atoms with Gasteiger partial charge in [-0.15, -0.1) is 0 Å². The van der Waals surface area contributed by atoms with Gasteiger partial charge in [-0.05, 0) is 18.6 Å². The zero-order valence-corrected chi connectivity index (χ0v) is 15.7. The monoisotopic (exact) mass is 358 g/mol. The molecule has 0 saturated heterocycles. The van der Waals surface area contributed by atoms with Crippen LogP contribution in [0.4, 0.5) is 5.69 Å². The average Bonchev–Trinajstić information content (AvgIpc) is 2.70. The smallest absolute Gasteiger partial charge is 0.255 e. The van der Waals surface area contributed by atoms with Gasteiger partial charge in [0.15, 0.2) is 11.5 Å². The maximum Gasteiger partial charge on any atom is 0.255 e. The molecule has 0 heterocycles. The first-order valence-electron chi connectivity index (χ1n) is 8.45. The van der Waals surface area contributed by atoms with Crippen molar-refractivity contribution in [3.63, 3.8) is 0 Å². The molecule has 0 aromatic heterocycles. The molecule has 1 N–H and O–H groups in total. The van der Waals surface area contributed by atoms with Crippen molar-refractivity contribution in [3.05, 3.63) is 48.0 Å². The Balaban J connectivity index is 1.93. The topological polar surface area (TPSA) is 60.0 Å². The Morgan fingerprint density at radius 2 is 1.58 bits per heavy atom. The first-order chi connectivity index (χ1) is 12.6. The molecule has 0 aliphatic heterocycles. The molecule has 0 fully saturated rings. The second kappa shape index (κ2) is 9.56. The molecule has 6 nitrogen and oxygen atoms in total. The maximum absolute atomic E-state index is 12.5. The number of nitrogens with one attached hydrogen (secondary N) is 1. The molecular formula is C20H26N2O4. The molecule has 0 bridgehead atoms. The highest BCUT2D eigenvalue weighted by molar-refractivity contribution is 5.97. The van der Waals surface area contributed by atoms with Crippen molar-refractivity contribution in [2.24, 2.45) is 0 Å². The molecule has 26 heavy (non-hydrogen) atoms. The zero-order valence-electron chi connectivity index (χ0n) is 15.7. The molecule has 2 aromatic carbocycles. The van der Waals surface area contributed by atoms with E-state index in [1.165, 1.54) is 14.2 Å². The van der Waals surface area contributed by atoms with Crippen molar-refractivity contribution in [2.45, 2.75) is 6.42 Å². The van der Waals surface area contributed by atoms with Gasteiger partial charge in [-0.3, -0.25) is 4.79 Å². The molecule has 0 aliphatic carbocycles. The number of rotatable bonds is 9. The summed E-state index contributed by atoms with van der Waals surface area (Å²) in [6, 6.07) is 13.4. The number of benzene rings is 2. The van der Waals surface area contributed by atoms with E-state index in [9.17, 15) is 4.79 Å². The molecule has 6 heteroatoms. The summed E-state index contributed by atoms with van der Waals surface area (Å²) in [5, 5.41) is 2.93. The number of ether oxygens (including phenoxy) is 3. The van der Waals surface area contributed by atoms with Crippen LogP contribution >= 0.6 is 0 Å². The number of methoxy groups -OCH3 is 3. The fourth-order valence-electron chi connectivity index (χ4n) is 2.63. The number of anilines is 1. The Hall–Kier alpha value is -2.89. The van der Waals surface area contributed by atoms with E-state index in [1.54, 1.807) is 19.2 Å². The Morgan fingerprint density at radius 1 is 0.962 bits per heavy atom. The third-order valence-corrected chi connectivity index (χ3v) is 4.10. The number of carbonyl (C=O) groups excluding carboxylic acids is 1. The van der Waals surface area contributed by atoms with Gasteiger partial charge < -0.3 is 24.4 Å². The number of hydrogen-bond donors (Lipinski definition) is 1. The molecule has 0 atom stereocenters. The lowest BCUT2D eigenvalue weighted by molar-refractivity contribution is 0.0950. The van der Waals surface area contributed by atoms with Gasteiger partial charge in [-0.25, -0.2) is 0 Å². The van der Waals surface area contributed by atoms with E-state index in [0.717, 1.165) is 18.7 Å². The summed E-state index contributed by atoms with van der Waals surface area (Å²) < 4.78 is 15.8. The van der Waals surface area contributed by atoms with E-state index in [2.05, 4.69) is 22.3 Å². The van der Waals surface area contributed by atoms with Crippen molar-refractivity contribution in [1.82, 2.24) is 5.32 Å². The highest BCUT2D eigenvalue weighted by Crippen LogP contribution is 2.34. The SMILES string of the molecule is COc1cc(OC)c(C(=O)NCCCN(C)c2ccccc2)cc1OC. The number of para-hydroxylation sites is 1. The molecule has 0 unspecified atom stereocenters. The van der Waals surface area contributed by atoms with Crippen LogP contribution in [0.1, 0.15) is 16.8 Å². The van der Waals surface area contributed by atoms with E-state index >= 15 is 0 Å². The minimum atomic E-state index is -0.204. The highest BCUT2D eigenvalue weighted by Gasteiger charge is 2.17. The maximum atomic E-state index is 12.5. The summed E-state index contributed by atoms with van der Waals surface area (Å²) in [5.74, 6) is 1.25. The zero-order chi connectivity index (χ0) is 18.9. The average molecular weight is 358 g/mol. The fraction of sp³-hybridized carbons (Fsp3) is 0.350. The Bertz CT molecular complexity index is 719. The normalized spacial score (nSPS) is 10.2. The summed E-state index contributed by atoms with van der Waals surface area (Å²) >= 11 is 0. The first kappa shape index (κ1) is 19.4. The van der Waals surface area contributed by atoms with Crippen LogP contribution in [0.15, 0.2) is 42.5 Å². The number of hydrogen-bond acceptors (Lipinski definition) is 5. The molecule has 1 amide bonds. The third kappa shape index (κ3) is 4.81. The standard InChI is InChI=1S/C20H26N2O4/c1-22(15-9-6-5-7-10-15)12-8-11-21-20(23)16-13-18(25-3)19(26-4)14-17(16)24-2/h5-7,9-10,13-14H,8,11-12H2,1-4H3,(H,21,23). The number of amides is 1. The lowest BCUT2D eigenvalue weighted by atomic mass is 10.1. The van der Waals surface area contributed by atoms with E-state index in [1.807, 2.05) is 25.2 Å². The van der Waals surface area contributed by atoms with E-state index in [-0.39, 0.29) is 5.91 Å². The number of nitrogens with zero attached hydrogens (tertiary/aromatic N) is 1. The molecule has 0 saturated carbocycles. The van der Waals surface area contributed by atoms with Crippen LogP contribution in [0.5, 0.6) is 17.2 Å². The predicted octanol–water partition coefficient (Wildman–Crippen LogP) is 2.97. The fourth-order valence-corrected chi connectivity index (χ4v) is 2.63. The van der Waals surface area contributed by atoms with E-state index < -0.39 is 0 Å². The summed E-state index contributed by atoms with van der Waals surface area (Å²) in [6.07, 6.45) is 0.826. The minimum absolute atomic E-state index is 0.204. The van der Waals surface area contributed by atoms with Crippen LogP contribution < -0.4 is 24.4 Å². The largest absolute Gasteiger partial charge is 0.496 e. The van der Waals surface area contributed by atoms with Crippen molar-refractivity contribution >= 4 is 11.6 Å². The van der Waals surface area contributed by atoms with Crippen molar-refractivity contribution in [2.75, 3.05) is 46.4 Å². The molecule has 2 rings (SSSR count). The summed E-state index contributed by atoms with van der Waals surface area (Å²) in [6.45, 7) is 1.40. The lowest BCUT2D eigenvalue weighted by Gasteiger charge is -2.19. The van der Waals surface area contributed by atoms with Crippen molar-refractivity contribution in [3.8, 4) is 17.2 Å². The first-order valence-corrected chi connectivity index (χ1v) is 8.45. The third-order valence-electron chi connectivity index (χ3n) is 4.10. The Labute approximate surface area is 154 Å². The predicted molar refractivity (Wildman–Crippen MR) is 103 cm³/mol. The van der Waals surface area contributed by atoms with Gasteiger partial charge in [0, 0.05) is 38.0 Å². The summed E-state index contributed by atoms with van der Waals surface area (Å²) in [7, 11) is 6.63. The van der Waals surface area contributed by atoms with Crippen LogP contribution in [0.25, 0.3) is 0 Å². The molecule has 0 radical (unpaired) electrons. The second-order valence-corrected chi connectivity index (χ2v) is 5.77. The quantitative estimate of drug-likeness (QED) is 0.699. The summed E-state index contributed by atoms with van der Waals surface area (Å²) in [4.78, 5) is 14.7. The summed E-state index contributed by atoms with van der Waals surface area (Å²) in [5.41, 5.74) is 1.57. The molecule has 2 aromatic rings. The van der Waals surface area contributed by atoms with Gasteiger partial charge in [-0.2, -0.15) is 0 Å². The molecular weight excluding hydrogens is 332 g/mol. The molecule has 0 aliphatic rings. The van der Waals surface area contributed by atoms with Gasteiger partial charge in [0.2, 0.25) is 0 Å². The van der Waals surface area contributed by atoms with Gasteiger partial charge in [0.1, 0.15) is 5.75 Å². The Kier molecular flexibility index (Phi) is 7.14. The minimum Gasteiger partial charge on any atom is -0.496 e. The van der Waals surface area contributed by atoms with Crippen LogP contribution in [0.2, 0.25) is 0 Å². The van der Waals surface area contributed by atoms with Crippen LogP contribution in [-0.4, -0.2) is 47.4 Å². The number of carbonyl (C=O) groups is 1. The van der Waals surface area contributed by atoms with Crippen molar-refractivity contribution in [1.29, 1.82) is 0 Å². The molecule has 0 spiro atoms. The van der Waals surface area contributed by atoms with E-state index in [4.69, 9.17) is 14.2 Å². The van der Waals surface area contributed by atoms with Crippen LogP contribution in [-0.2, 0) is 0 Å².